The zero-order valence-corrected chi connectivity index (χ0v) is 16.7. The molecule has 2 heterocycles. The van der Waals surface area contributed by atoms with Gasteiger partial charge in [-0.1, -0.05) is 35.1 Å². The Morgan fingerprint density at radius 2 is 2.08 bits per heavy atom. The van der Waals surface area contributed by atoms with Crippen molar-refractivity contribution in [3.05, 3.63) is 39.9 Å². The highest BCUT2D eigenvalue weighted by atomic mass is 35.5. The Kier molecular flexibility index (Phi) is 5.67. The fourth-order valence-electron chi connectivity index (χ4n) is 2.75. The van der Waals surface area contributed by atoms with Gasteiger partial charge in [0.05, 0.1) is 6.04 Å². The van der Waals surface area contributed by atoms with E-state index in [0.29, 0.717) is 0 Å². The lowest BCUT2D eigenvalue weighted by atomic mass is 10.2. The number of rotatable bonds is 4. The number of halogens is 1. The van der Waals surface area contributed by atoms with Gasteiger partial charge in [-0.3, -0.25) is 0 Å². The number of carbonyl (C=O) groups excluding carboxylic acids is 1. The summed E-state index contributed by atoms with van der Waals surface area (Å²) in [4.78, 5) is 14.1. The number of hydrogen-bond acceptors (Lipinski definition) is 6. The summed E-state index contributed by atoms with van der Waals surface area (Å²) < 4.78 is 5.32. The minimum absolute atomic E-state index is 0.0634. The molecule has 1 aromatic heterocycles. The number of benzene rings is 1. The van der Waals surface area contributed by atoms with Crippen LogP contribution in [0.5, 0.6) is 0 Å². The van der Waals surface area contributed by atoms with E-state index >= 15 is 0 Å². The highest BCUT2D eigenvalue weighted by Gasteiger charge is 2.28. The molecule has 0 unspecified atom stereocenters. The summed E-state index contributed by atoms with van der Waals surface area (Å²) in [5.74, 6) is 0. The number of carbonyl (C=O) groups is 1. The Hall–Kier alpha value is -1.86. The lowest BCUT2D eigenvalue weighted by Gasteiger charge is -2.21. The Morgan fingerprint density at radius 3 is 2.77 bits per heavy atom. The van der Waals surface area contributed by atoms with Crippen LogP contribution in [0.1, 0.15) is 37.8 Å². The number of ether oxygens (including phenoxy) is 1. The van der Waals surface area contributed by atoms with Crippen LogP contribution >= 0.6 is 22.9 Å². The molecule has 0 saturated carbocycles. The van der Waals surface area contributed by atoms with Crippen LogP contribution in [0.25, 0.3) is 0 Å². The highest BCUT2D eigenvalue weighted by Crippen LogP contribution is 2.26. The fraction of sp³-hybridized carbons (Fsp3) is 0.500. The van der Waals surface area contributed by atoms with Crippen LogP contribution in [0, 0.1) is 0 Å². The van der Waals surface area contributed by atoms with Gasteiger partial charge in [-0.05, 0) is 44.9 Å². The van der Waals surface area contributed by atoms with E-state index in [0.717, 1.165) is 46.7 Å². The van der Waals surface area contributed by atoms with Gasteiger partial charge >= 0.3 is 6.09 Å². The summed E-state index contributed by atoms with van der Waals surface area (Å²) in [6.45, 7) is 7.13. The van der Waals surface area contributed by atoms with Gasteiger partial charge in [-0.2, -0.15) is 0 Å². The van der Waals surface area contributed by atoms with E-state index in [2.05, 4.69) is 20.4 Å². The van der Waals surface area contributed by atoms with E-state index in [-0.39, 0.29) is 12.1 Å². The van der Waals surface area contributed by atoms with Gasteiger partial charge in [-0.25, -0.2) is 4.79 Å². The molecule has 1 atom stereocenters. The van der Waals surface area contributed by atoms with Crippen molar-refractivity contribution in [1.29, 1.82) is 0 Å². The maximum absolute atomic E-state index is 11.9. The fourth-order valence-corrected chi connectivity index (χ4v) is 3.78. The molecular weight excluding hydrogens is 372 g/mol. The zero-order valence-electron chi connectivity index (χ0n) is 15.2. The molecule has 1 fully saturated rings. The molecule has 140 valence electrons. The summed E-state index contributed by atoms with van der Waals surface area (Å²) in [5.41, 5.74) is 0.668. The standard InChI is InChI=1S/C18H23ClN4O2S/c1-18(2,3)25-17(24)20-14-8-9-23(11-14)16-22-21-15(26-16)10-12-4-6-13(19)7-5-12/h4-7,14H,8-11H2,1-3H3,(H,20,24)/t14-/m1/s1. The number of hydrogen-bond donors (Lipinski definition) is 1. The van der Waals surface area contributed by atoms with Crippen molar-refractivity contribution < 1.29 is 9.53 Å². The van der Waals surface area contributed by atoms with Gasteiger partial charge in [0, 0.05) is 24.5 Å². The van der Waals surface area contributed by atoms with Gasteiger partial charge in [0.15, 0.2) is 0 Å². The SMILES string of the molecule is CC(C)(C)OC(=O)N[C@@H]1CCN(c2nnc(Cc3ccc(Cl)cc3)s2)C1. The summed E-state index contributed by atoms with van der Waals surface area (Å²) in [5, 5.41) is 14.1. The molecule has 1 aromatic carbocycles. The average molecular weight is 395 g/mol. The van der Waals surface area contributed by atoms with Crippen LogP contribution in [0.2, 0.25) is 5.02 Å². The molecule has 0 spiro atoms. The van der Waals surface area contributed by atoms with Crippen LogP contribution in [-0.4, -0.2) is 41.0 Å². The summed E-state index contributed by atoms with van der Waals surface area (Å²) in [6.07, 6.45) is 1.23. The van der Waals surface area contributed by atoms with Crippen LogP contribution in [0.15, 0.2) is 24.3 Å². The number of nitrogens with zero attached hydrogens (tertiary/aromatic N) is 3. The van der Waals surface area contributed by atoms with E-state index in [1.54, 1.807) is 11.3 Å². The number of nitrogens with one attached hydrogen (secondary N) is 1. The monoisotopic (exact) mass is 394 g/mol. The molecule has 1 N–H and O–H groups in total. The average Bonchev–Trinajstić information content (AvgIpc) is 3.17. The lowest BCUT2D eigenvalue weighted by molar-refractivity contribution is 0.0509. The second kappa shape index (κ2) is 7.80. The molecule has 2 aromatic rings. The number of aromatic nitrogens is 2. The van der Waals surface area contributed by atoms with Gasteiger partial charge in [-0.15, -0.1) is 10.2 Å². The van der Waals surface area contributed by atoms with Gasteiger partial charge < -0.3 is 15.0 Å². The highest BCUT2D eigenvalue weighted by molar-refractivity contribution is 7.15. The first-order valence-electron chi connectivity index (χ1n) is 8.60. The lowest BCUT2D eigenvalue weighted by Crippen LogP contribution is -2.40. The minimum Gasteiger partial charge on any atom is -0.444 e. The van der Waals surface area contributed by atoms with Crippen molar-refractivity contribution in [2.75, 3.05) is 18.0 Å². The molecule has 1 aliphatic rings. The quantitative estimate of drug-likeness (QED) is 0.852. The summed E-state index contributed by atoms with van der Waals surface area (Å²) in [6, 6.07) is 7.83. The molecule has 0 radical (unpaired) electrons. The van der Waals surface area contributed by atoms with Crippen LogP contribution in [-0.2, 0) is 11.2 Å². The van der Waals surface area contributed by atoms with E-state index < -0.39 is 5.60 Å². The Balaban J connectivity index is 1.53. The minimum atomic E-state index is -0.488. The molecule has 0 aliphatic carbocycles. The molecule has 6 nitrogen and oxygen atoms in total. The molecule has 26 heavy (non-hydrogen) atoms. The van der Waals surface area contributed by atoms with E-state index in [1.165, 1.54) is 0 Å². The predicted molar refractivity (Wildman–Crippen MR) is 104 cm³/mol. The van der Waals surface area contributed by atoms with Crippen molar-refractivity contribution >= 4 is 34.2 Å². The first-order chi connectivity index (χ1) is 12.3. The maximum atomic E-state index is 11.9. The van der Waals surface area contributed by atoms with Crippen LogP contribution < -0.4 is 10.2 Å². The number of alkyl carbamates (subject to hydrolysis) is 1. The third-order valence-electron chi connectivity index (χ3n) is 3.90. The normalized spacial score (nSPS) is 17.4. The molecule has 1 aliphatic heterocycles. The Morgan fingerprint density at radius 1 is 1.35 bits per heavy atom. The first-order valence-corrected chi connectivity index (χ1v) is 9.79. The van der Waals surface area contributed by atoms with Crippen molar-refractivity contribution in [3.8, 4) is 0 Å². The number of amides is 1. The van der Waals surface area contributed by atoms with E-state index in [4.69, 9.17) is 16.3 Å². The molecule has 1 saturated heterocycles. The van der Waals surface area contributed by atoms with Crippen molar-refractivity contribution in [3.63, 3.8) is 0 Å². The van der Waals surface area contributed by atoms with Crippen LogP contribution in [0.4, 0.5) is 9.93 Å². The third-order valence-corrected chi connectivity index (χ3v) is 5.14. The van der Waals surface area contributed by atoms with Crippen molar-refractivity contribution in [2.45, 2.75) is 45.3 Å². The second-order valence-corrected chi connectivity index (χ2v) is 8.84. The van der Waals surface area contributed by atoms with Crippen LogP contribution in [0.3, 0.4) is 0 Å². The molecule has 0 bridgehead atoms. The Bertz CT molecular complexity index is 757. The summed E-state index contributed by atoms with van der Waals surface area (Å²) in [7, 11) is 0. The van der Waals surface area contributed by atoms with Crippen molar-refractivity contribution in [2.24, 2.45) is 0 Å². The second-order valence-electron chi connectivity index (χ2n) is 7.36. The molecule has 1 amide bonds. The number of anilines is 1. The van der Waals surface area contributed by atoms with Gasteiger partial charge in [0.1, 0.15) is 10.6 Å². The molecule has 3 rings (SSSR count). The van der Waals surface area contributed by atoms with E-state index in [1.807, 2.05) is 45.0 Å². The summed E-state index contributed by atoms with van der Waals surface area (Å²) >= 11 is 7.51. The Labute approximate surface area is 162 Å². The first kappa shape index (κ1) is 18.9. The molecular formula is C18H23ClN4O2S. The van der Waals surface area contributed by atoms with Gasteiger partial charge in [0.25, 0.3) is 0 Å². The van der Waals surface area contributed by atoms with E-state index in [9.17, 15) is 4.79 Å². The maximum Gasteiger partial charge on any atom is 0.407 e. The van der Waals surface area contributed by atoms with Gasteiger partial charge in [0.2, 0.25) is 5.13 Å². The largest absolute Gasteiger partial charge is 0.444 e. The van der Waals surface area contributed by atoms with Crippen molar-refractivity contribution in [1.82, 2.24) is 15.5 Å². The topological polar surface area (TPSA) is 67.3 Å². The third kappa shape index (κ3) is 5.32. The molecule has 8 heteroatoms. The smallest absolute Gasteiger partial charge is 0.407 e. The zero-order chi connectivity index (χ0) is 18.7. The predicted octanol–water partition coefficient (Wildman–Crippen LogP) is 3.89.